The van der Waals surface area contributed by atoms with Crippen molar-refractivity contribution in [3.63, 3.8) is 0 Å². The number of aliphatic hydroxyl groups is 1. The summed E-state index contributed by atoms with van der Waals surface area (Å²) < 4.78 is 27.8. The molecule has 2 aromatic carbocycles. The maximum Gasteiger partial charge on any atom is 0.270 e. The number of nitrogens with zero attached hydrogens (tertiary/aromatic N) is 4. The van der Waals surface area contributed by atoms with E-state index in [1.807, 2.05) is 4.90 Å². The number of benzene rings is 2. The van der Waals surface area contributed by atoms with Gasteiger partial charge in [0.1, 0.15) is 4.90 Å². The molecule has 0 spiro atoms. The third kappa shape index (κ3) is 5.74. The number of anilines is 1. The fourth-order valence-corrected chi connectivity index (χ4v) is 5.22. The molecule has 10 nitrogen and oxygen atoms in total. The van der Waals surface area contributed by atoms with E-state index in [0.29, 0.717) is 35.2 Å². The zero-order valence-corrected chi connectivity index (χ0v) is 19.1. The van der Waals surface area contributed by atoms with Gasteiger partial charge in [-0.2, -0.15) is 9.41 Å². The highest BCUT2D eigenvalue weighted by atomic mass is 35.5. The first-order chi connectivity index (χ1) is 15.2. The van der Waals surface area contributed by atoms with Gasteiger partial charge in [0, 0.05) is 55.4 Å². The second-order valence-corrected chi connectivity index (χ2v) is 9.69. The molecule has 1 aliphatic rings. The lowest BCUT2D eigenvalue weighted by Crippen LogP contribution is -2.49. The summed E-state index contributed by atoms with van der Waals surface area (Å²) in [5.74, 6) is 0. The predicted octanol–water partition coefficient (Wildman–Crippen LogP) is 2.65. The van der Waals surface area contributed by atoms with E-state index in [-0.39, 0.29) is 36.0 Å². The van der Waals surface area contributed by atoms with E-state index in [9.17, 15) is 18.5 Å². The number of non-ortho nitro benzene ring substituents is 1. The molecule has 1 saturated heterocycles. The number of β-amino-alcohol motifs (C(OH)–C–C–N with tert-alkyl or cyclic N) is 1. The van der Waals surface area contributed by atoms with E-state index >= 15 is 0 Å². The van der Waals surface area contributed by atoms with Crippen molar-refractivity contribution in [1.29, 1.82) is 0 Å². The lowest BCUT2D eigenvalue weighted by atomic mass is 10.2. The average Bonchev–Trinajstić information content (AvgIpc) is 2.76. The number of nitrogens with one attached hydrogen (secondary N) is 1. The molecule has 1 aliphatic heterocycles. The maximum atomic E-state index is 13.3. The number of hydrazone groups is 1. The van der Waals surface area contributed by atoms with Crippen LogP contribution in [0.2, 0.25) is 10.0 Å². The van der Waals surface area contributed by atoms with Crippen molar-refractivity contribution in [3.8, 4) is 0 Å². The van der Waals surface area contributed by atoms with Crippen LogP contribution in [0.25, 0.3) is 0 Å². The first-order valence-corrected chi connectivity index (χ1v) is 11.8. The highest BCUT2D eigenvalue weighted by Gasteiger charge is 2.31. The molecular weight excluding hydrogens is 481 g/mol. The van der Waals surface area contributed by atoms with Gasteiger partial charge in [0.2, 0.25) is 10.0 Å². The Bertz CT molecular complexity index is 1120. The first-order valence-electron chi connectivity index (χ1n) is 9.58. The topological polar surface area (TPSA) is 128 Å². The molecule has 0 atom stereocenters. The number of nitro groups is 1. The number of piperazine rings is 1. The molecule has 0 unspecified atom stereocenters. The Morgan fingerprint density at radius 1 is 1.16 bits per heavy atom. The molecule has 2 N–H and O–H groups in total. The quantitative estimate of drug-likeness (QED) is 0.323. The highest BCUT2D eigenvalue weighted by molar-refractivity contribution is 7.89. The van der Waals surface area contributed by atoms with Crippen molar-refractivity contribution in [2.24, 2.45) is 5.10 Å². The van der Waals surface area contributed by atoms with Crippen molar-refractivity contribution in [2.75, 3.05) is 44.8 Å². The van der Waals surface area contributed by atoms with Gasteiger partial charge in [0.15, 0.2) is 0 Å². The van der Waals surface area contributed by atoms with Crippen LogP contribution in [-0.4, -0.2) is 73.2 Å². The summed E-state index contributed by atoms with van der Waals surface area (Å²) in [5, 5.41) is 25.2. The molecule has 0 aromatic heterocycles. The highest BCUT2D eigenvalue weighted by Crippen LogP contribution is 2.30. The van der Waals surface area contributed by atoms with E-state index < -0.39 is 14.9 Å². The van der Waals surface area contributed by atoms with Gasteiger partial charge in [-0.05, 0) is 18.2 Å². The van der Waals surface area contributed by atoms with Crippen molar-refractivity contribution >= 4 is 50.8 Å². The third-order valence-corrected chi connectivity index (χ3v) is 7.39. The van der Waals surface area contributed by atoms with E-state index in [1.165, 1.54) is 22.7 Å². The Balaban J connectivity index is 1.87. The molecule has 1 fully saturated rings. The van der Waals surface area contributed by atoms with Crippen molar-refractivity contribution in [2.45, 2.75) is 4.90 Å². The molecule has 0 bridgehead atoms. The summed E-state index contributed by atoms with van der Waals surface area (Å²) in [6, 6.07) is 8.34. The van der Waals surface area contributed by atoms with Crippen LogP contribution in [0.1, 0.15) is 5.56 Å². The van der Waals surface area contributed by atoms with E-state index in [2.05, 4.69) is 10.5 Å². The SMILES string of the molecule is O=[N+]([O-])c1ccc(N/N=C\c2ccc(Cl)cc2Cl)c(S(=O)(=O)N2CCN(CCO)CC2)c1. The largest absolute Gasteiger partial charge is 0.395 e. The fourth-order valence-electron chi connectivity index (χ4n) is 3.18. The van der Waals surface area contributed by atoms with E-state index in [0.717, 1.165) is 6.07 Å². The average molecular weight is 502 g/mol. The van der Waals surface area contributed by atoms with Crippen LogP contribution in [0, 0.1) is 10.1 Å². The molecule has 172 valence electrons. The monoisotopic (exact) mass is 501 g/mol. The number of sulfonamides is 1. The van der Waals surface area contributed by atoms with Crippen molar-refractivity contribution < 1.29 is 18.4 Å². The maximum absolute atomic E-state index is 13.3. The van der Waals surface area contributed by atoms with Gasteiger partial charge in [-0.25, -0.2) is 8.42 Å². The standard InChI is InChI=1S/C19H21Cl2N5O5S/c20-15-2-1-14(17(21)11-15)13-22-23-18-4-3-16(26(28)29)12-19(18)32(30,31)25-7-5-24(6-8-25)9-10-27/h1-4,11-13,23,27H,5-10H2/b22-13-. The molecule has 3 rings (SSSR count). The summed E-state index contributed by atoms with van der Waals surface area (Å²) >= 11 is 12.0. The van der Waals surface area contributed by atoms with Crippen LogP contribution in [0.5, 0.6) is 0 Å². The Hall–Kier alpha value is -2.28. The summed E-state index contributed by atoms with van der Waals surface area (Å²) in [4.78, 5) is 12.3. The number of nitro benzene ring substituents is 1. The van der Waals surface area contributed by atoms with Gasteiger partial charge in [0.25, 0.3) is 5.69 Å². The predicted molar refractivity (Wildman–Crippen MR) is 123 cm³/mol. The molecule has 13 heteroatoms. The van der Waals surface area contributed by atoms with Gasteiger partial charge in [0.05, 0.1) is 28.5 Å². The zero-order valence-electron chi connectivity index (χ0n) is 16.8. The smallest absolute Gasteiger partial charge is 0.270 e. The van der Waals surface area contributed by atoms with Crippen LogP contribution in [0.4, 0.5) is 11.4 Å². The molecular formula is C19H21Cl2N5O5S. The Morgan fingerprint density at radius 2 is 1.88 bits per heavy atom. The number of hydrogen-bond acceptors (Lipinski definition) is 8. The van der Waals surface area contributed by atoms with Gasteiger partial charge < -0.3 is 5.11 Å². The Kier molecular flexibility index (Phi) is 8.04. The van der Waals surface area contributed by atoms with E-state index in [1.54, 1.807) is 18.2 Å². The third-order valence-electron chi connectivity index (χ3n) is 4.89. The second-order valence-electron chi connectivity index (χ2n) is 6.94. The number of halogens is 2. The van der Waals surface area contributed by atoms with Crippen LogP contribution in [-0.2, 0) is 10.0 Å². The fraction of sp³-hybridized carbons (Fsp3) is 0.316. The first kappa shape index (κ1) is 24.4. The van der Waals surface area contributed by atoms with E-state index in [4.69, 9.17) is 28.3 Å². The summed E-state index contributed by atoms with van der Waals surface area (Å²) in [7, 11) is -4.04. The number of aliphatic hydroxyl groups excluding tert-OH is 1. The van der Waals surface area contributed by atoms with Gasteiger partial charge in [-0.15, -0.1) is 0 Å². The Morgan fingerprint density at radius 3 is 2.50 bits per heavy atom. The van der Waals surface area contributed by atoms with Crippen molar-refractivity contribution in [1.82, 2.24) is 9.21 Å². The summed E-state index contributed by atoms with van der Waals surface area (Å²) in [6.45, 7) is 1.75. The number of rotatable bonds is 8. The molecule has 1 heterocycles. The lowest BCUT2D eigenvalue weighted by molar-refractivity contribution is -0.385. The lowest BCUT2D eigenvalue weighted by Gasteiger charge is -2.33. The van der Waals surface area contributed by atoms with Crippen LogP contribution < -0.4 is 5.43 Å². The molecule has 32 heavy (non-hydrogen) atoms. The Labute approximate surface area is 195 Å². The summed E-state index contributed by atoms with van der Waals surface area (Å²) in [6.07, 6.45) is 1.39. The number of hydrogen-bond donors (Lipinski definition) is 2. The molecule has 0 saturated carbocycles. The molecule has 2 aromatic rings. The minimum absolute atomic E-state index is 0.0126. The van der Waals surface area contributed by atoms with Crippen molar-refractivity contribution in [3.05, 3.63) is 62.1 Å². The van der Waals surface area contributed by atoms with Gasteiger partial charge in [-0.3, -0.25) is 20.4 Å². The second kappa shape index (κ2) is 10.6. The molecule has 0 radical (unpaired) electrons. The van der Waals surface area contributed by atoms with Crippen LogP contribution in [0.3, 0.4) is 0 Å². The zero-order chi connectivity index (χ0) is 23.3. The minimum Gasteiger partial charge on any atom is -0.395 e. The summed E-state index contributed by atoms with van der Waals surface area (Å²) in [5.41, 5.74) is 2.94. The molecule has 0 amide bonds. The normalized spacial score (nSPS) is 15.8. The van der Waals surface area contributed by atoms with Crippen LogP contribution >= 0.6 is 23.2 Å². The minimum atomic E-state index is -4.04. The van der Waals surface area contributed by atoms with Crippen LogP contribution in [0.15, 0.2) is 46.4 Å². The van der Waals surface area contributed by atoms with Gasteiger partial charge in [-0.1, -0.05) is 29.3 Å². The molecule has 0 aliphatic carbocycles. The van der Waals surface area contributed by atoms with Gasteiger partial charge >= 0.3 is 0 Å².